The molecule has 7 nitrogen and oxygen atoms in total. The zero-order valence-corrected chi connectivity index (χ0v) is 14.2. The number of rotatable bonds is 4. The third-order valence-corrected chi connectivity index (χ3v) is 3.88. The molecule has 7 heteroatoms. The first kappa shape index (κ1) is 16.4. The van der Waals surface area contributed by atoms with Gasteiger partial charge in [-0.1, -0.05) is 23.4 Å². The van der Waals surface area contributed by atoms with Gasteiger partial charge in [0.2, 0.25) is 0 Å². The lowest BCUT2D eigenvalue weighted by molar-refractivity contribution is -0.136. The number of amides is 1. The first-order chi connectivity index (χ1) is 11.4. The molecule has 3 rings (SSSR count). The molecule has 1 aromatic heterocycles. The molecule has 1 aliphatic heterocycles. The van der Waals surface area contributed by atoms with E-state index in [4.69, 9.17) is 9.47 Å². The van der Waals surface area contributed by atoms with E-state index in [1.165, 1.54) is 10.9 Å². The van der Waals surface area contributed by atoms with E-state index >= 15 is 0 Å². The topological polar surface area (TPSA) is 69.5 Å². The van der Waals surface area contributed by atoms with Crippen LogP contribution in [0.3, 0.4) is 0 Å². The highest BCUT2D eigenvalue weighted by Crippen LogP contribution is 2.23. The van der Waals surface area contributed by atoms with Gasteiger partial charge in [-0.2, -0.15) is 0 Å². The lowest BCUT2D eigenvalue weighted by Gasteiger charge is -2.42. The molecular formula is C17H22N4O3. The molecule has 128 valence electrons. The van der Waals surface area contributed by atoms with Gasteiger partial charge in [-0.15, -0.1) is 5.10 Å². The second-order valence-corrected chi connectivity index (χ2v) is 6.55. The zero-order valence-electron chi connectivity index (χ0n) is 14.2. The Balaban J connectivity index is 1.68. The highest BCUT2D eigenvalue weighted by Gasteiger charge is 2.37. The summed E-state index contributed by atoms with van der Waals surface area (Å²) in [6.07, 6.45) is 1.29. The minimum absolute atomic E-state index is 0.0939. The van der Waals surface area contributed by atoms with Crippen LogP contribution in [0.4, 0.5) is 0 Å². The number of hydrogen-bond acceptors (Lipinski definition) is 5. The highest BCUT2D eigenvalue weighted by atomic mass is 16.5. The molecule has 1 aliphatic rings. The average molecular weight is 330 g/mol. The summed E-state index contributed by atoms with van der Waals surface area (Å²) in [5.74, 6) is 0.696. The summed E-state index contributed by atoms with van der Waals surface area (Å²) in [6, 6.07) is 9.59. The molecule has 1 atom stereocenters. The van der Waals surface area contributed by atoms with E-state index in [0.717, 1.165) is 5.75 Å². The summed E-state index contributed by atoms with van der Waals surface area (Å²) in [6.45, 7) is 5.33. The number of morpholine rings is 1. The molecule has 1 amide bonds. The first-order valence-corrected chi connectivity index (χ1v) is 7.94. The van der Waals surface area contributed by atoms with E-state index < -0.39 is 5.60 Å². The van der Waals surface area contributed by atoms with Crippen molar-refractivity contribution in [3.63, 3.8) is 0 Å². The second kappa shape index (κ2) is 6.60. The number of para-hydroxylation sites is 1. The zero-order chi connectivity index (χ0) is 17.2. The predicted molar refractivity (Wildman–Crippen MR) is 87.8 cm³/mol. The molecule has 0 spiro atoms. The lowest BCUT2D eigenvalue weighted by atomic mass is 10.0. The number of aryl methyl sites for hydroxylation is 1. The molecule has 0 unspecified atom stereocenters. The van der Waals surface area contributed by atoms with Crippen LogP contribution < -0.4 is 4.74 Å². The van der Waals surface area contributed by atoms with E-state index in [-0.39, 0.29) is 12.0 Å². The average Bonchev–Trinajstić information content (AvgIpc) is 2.98. The third kappa shape index (κ3) is 3.73. The Bertz CT molecular complexity index is 699. The third-order valence-electron chi connectivity index (χ3n) is 3.88. The Morgan fingerprint density at radius 1 is 1.38 bits per heavy atom. The van der Waals surface area contributed by atoms with Gasteiger partial charge in [0, 0.05) is 13.6 Å². The molecule has 0 N–H and O–H groups in total. The molecule has 1 fully saturated rings. The summed E-state index contributed by atoms with van der Waals surface area (Å²) >= 11 is 0. The van der Waals surface area contributed by atoms with Crippen molar-refractivity contribution in [1.82, 2.24) is 19.9 Å². The van der Waals surface area contributed by atoms with Crippen molar-refractivity contribution in [2.24, 2.45) is 7.05 Å². The van der Waals surface area contributed by atoms with E-state index in [1.807, 2.05) is 44.2 Å². The highest BCUT2D eigenvalue weighted by molar-refractivity contribution is 5.92. The Kier molecular flexibility index (Phi) is 4.53. The first-order valence-electron chi connectivity index (χ1n) is 7.94. The smallest absolute Gasteiger partial charge is 0.273 e. The Labute approximate surface area is 141 Å². The second-order valence-electron chi connectivity index (χ2n) is 6.55. The summed E-state index contributed by atoms with van der Waals surface area (Å²) in [4.78, 5) is 14.5. The molecular weight excluding hydrogens is 308 g/mol. The molecule has 24 heavy (non-hydrogen) atoms. The Morgan fingerprint density at radius 3 is 2.79 bits per heavy atom. The van der Waals surface area contributed by atoms with Crippen LogP contribution in [0.2, 0.25) is 0 Å². The number of benzene rings is 1. The molecule has 0 radical (unpaired) electrons. The maximum Gasteiger partial charge on any atom is 0.273 e. The number of nitrogens with zero attached hydrogens (tertiary/aromatic N) is 4. The van der Waals surface area contributed by atoms with Crippen molar-refractivity contribution in [2.75, 3.05) is 19.7 Å². The largest absolute Gasteiger partial charge is 0.491 e. The van der Waals surface area contributed by atoms with E-state index in [2.05, 4.69) is 10.3 Å². The van der Waals surface area contributed by atoms with E-state index in [9.17, 15) is 4.79 Å². The van der Waals surface area contributed by atoms with Gasteiger partial charge in [-0.25, -0.2) is 4.68 Å². The van der Waals surface area contributed by atoms with Crippen molar-refractivity contribution in [3.05, 3.63) is 42.2 Å². The van der Waals surface area contributed by atoms with Gasteiger partial charge in [0.25, 0.3) is 5.91 Å². The van der Waals surface area contributed by atoms with Crippen LogP contribution in [0, 0.1) is 0 Å². The van der Waals surface area contributed by atoms with Gasteiger partial charge in [-0.05, 0) is 26.0 Å². The number of ether oxygens (including phenoxy) is 2. The molecule has 0 bridgehead atoms. The number of carbonyl (C=O) groups excluding carboxylic acids is 1. The molecule has 0 saturated carbocycles. The van der Waals surface area contributed by atoms with Crippen molar-refractivity contribution in [3.8, 4) is 5.75 Å². The minimum Gasteiger partial charge on any atom is -0.491 e. The minimum atomic E-state index is -0.440. The normalized spacial score (nSPS) is 20.0. The quantitative estimate of drug-likeness (QED) is 0.850. The van der Waals surface area contributed by atoms with Crippen LogP contribution >= 0.6 is 0 Å². The van der Waals surface area contributed by atoms with Gasteiger partial charge in [0.15, 0.2) is 0 Å². The summed E-state index contributed by atoms with van der Waals surface area (Å²) in [5, 5.41) is 7.61. The van der Waals surface area contributed by atoms with Gasteiger partial charge >= 0.3 is 0 Å². The van der Waals surface area contributed by atoms with Gasteiger partial charge in [0.1, 0.15) is 24.2 Å². The SMILES string of the molecule is Cn1nncc1C(=O)N1C[C@H](COc2ccccc2)OC(C)(C)C1. The van der Waals surface area contributed by atoms with E-state index in [0.29, 0.717) is 25.4 Å². The maximum atomic E-state index is 12.7. The van der Waals surface area contributed by atoms with Crippen LogP contribution in [0.15, 0.2) is 36.5 Å². The monoisotopic (exact) mass is 330 g/mol. The number of carbonyl (C=O) groups is 1. The standard InChI is InChI=1S/C17H22N4O3/c1-17(2)12-21(16(22)15-9-18-19-20(15)3)10-14(24-17)11-23-13-7-5-4-6-8-13/h4-9,14H,10-12H2,1-3H3/t14-/m1/s1. The summed E-state index contributed by atoms with van der Waals surface area (Å²) in [5.41, 5.74) is 0.0282. The molecule has 1 aromatic carbocycles. The molecule has 0 aliphatic carbocycles. The van der Waals surface area contributed by atoms with Crippen LogP contribution in [0.25, 0.3) is 0 Å². The van der Waals surface area contributed by atoms with Crippen molar-refractivity contribution < 1.29 is 14.3 Å². The van der Waals surface area contributed by atoms with Gasteiger partial charge < -0.3 is 14.4 Å². The number of hydrogen-bond donors (Lipinski definition) is 0. The summed E-state index contributed by atoms with van der Waals surface area (Å²) < 4.78 is 13.3. The van der Waals surface area contributed by atoms with Gasteiger partial charge in [0.05, 0.1) is 18.3 Å². The Morgan fingerprint density at radius 2 is 2.12 bits per heavy atom. The van der Waals surface area contributed by atoms with Crippen molar-refractivity contribution >= 4 is 5.91 Å². The fraction of sp³-hybridized carbons (Fsp3) is 0.471. The predicted octanol–water partition coefficient (Wildman–Crippen LogP) is 1.51. The lowest BCUT2D eigenvalue weighted by Crippen LogP contribution is -2.56. The van der Waals surface area contributed by atoms with E-state index in [1.54, 1.807) is 11.9 Å². The van der Waals surface area contributed by atoms with Crippen LogP contribution in [-0.4, -0.2) is 57.2 Å². The van der Waals surface area contributed by atoms with Crippen molar-refractivity contribution in [1.29, 1.82) is 0 Å². The van der Waals surface area contributed by atoms with Gasteiger partial charge in [-0.3, -0.25) is 4.79 Å². The fourth-order valence-electron chi connectivity index (χ4n) is 2.89. The Hall–Kier alpha value is -2.41. The molecule has 1 saturated heterocycles. The van der Waals surface area contributed by atoms with Crippen molar-refractivity contribution in [2.45, 2.75) is 25.6 Å². The van der Waals surface area contributed by atoms with Crippen LogP contribution in [0.5, 0.6) is 5.75 Å². The van der Waals surface area contributed by atoms with Crippen LogP contribution in [0.1, 0.15) is 24.3 Å². The number of aromatic nitrogens is 3. The summed E-state index contributed by atoms with van der Waals surface area (Å²) in [7, 11) is 1.71. The maximum absolute atomic E-state index is 12.7. The molecule has 2 aromatic rings. The molecule has 2 heterocycles. The fourth-order valence-corrected chi connectivity index (χ4v) is 2.89. The van der Waals surface area contributed by atoms with Crippen LogP contribution in [-0.2, 0) is 11.8 Å².